The van der Waals surface area contributed by atoms with E-state index >= 15 is 0 Å². The van der Waals surface area contributed by atoms with Crippen molar-refractivity contribution in [2.24, 2.45) is 0 Å². The van der Waals surface area contributed by atoms with Crippen molar-refractivity contribution in [2.75, 3.05) is 37.7 Å². The van der Waals surface area contributed by atoms with E-state index in [0.29, 0.717) is 0 Å². The third-order valence-electron chi connectivity index (χ3n) is 2.21. The summed E-state index contributed by atoms with van der Waals surface area (Å²) < 4.78 is 0. The minimum atomic E-state index is -0.227. The Hall–Kier alpha value is 0.520. The molecule has 1 atom stereocenters. The Bertz CT molecular complexity index is 134. The van der Waals surface area contributed by atoms with E-state index in [0.717, 1.165) is 31.1 Å². The topological polar surface area (TPSA) is 43.7 Å². The van der Waals surface area contributed by atoms with Crippen molar-refractivity contribution in [1.82, 2.24) is 4.90 Å². The van der Waals surface area contributed by atoms with Crippen LogP contribution in [0.3, 0.4) is 0 Å². The van der Waals surface area contributed by atoms with E-state index in [9.17, 15) is 5.11 Å². The van der Waals surface area contributed by atoms with Crippen LogP contribution < -0.4 is 0 Å². The Kier molecular flexibility index (Phi) is 9.13. The molecule has 0 radical (unpaired) electrons. The number of rotatable bonds is 6. The van der Waals surface area contributed by atoms with Crippen molar-refractivity contribution in [1.29, 1.82) is 0 Å². The van der Waals surface area contributed by atoms with Crippen molar-refractivity contribution in [3.8, 4) is 0 Å². The number of hydrogen-bond donors (Lipinski definition) is 2. The molecule has 0 aromatic rings. The SMILES string of the molecule is Cl.OCCSCC(O)CN1CCCC1. The number of aliphatic hydroxyl groups is 2. The minimum absolute atomic E-state index is 0. The molecule has 0 bridgehead atoms. The zero-order chi connectivity index (χ0) is 9.52. The zero-order valence-electron chi connectivity index (χ0n) is 8.39. The second kappa shape index (κ2) is 8.80. The lowest BCUT2D eigenvalue weighted by atomic mass is 10.4. The molecule has 3 nitrogen and oxygen atoms in total. The molecule has 1 saturated heterocycles. The van der Waals surface area contributed by atoms with Crippen LogP contribution in [0.25, 0.3) is 0 Å². The Morgan fingerprint density at radius 1 is 1.29 bits per heavy atom. The standard InChI is InChI=1S/C9H19NO2S.ClH/c11-5-6-13-8-9(12)7-10-3-1-2-4-10;/h9,11-12H,1-8H2;1H. The maximum atomic E-state index is 9.59. The van der Waals surface area contributed by atoms with Crippen molar-refractivity contribution in [3.63, 3.8) is 0 Å². The predicted octanol–water partition coefficient (Wildman–Crippen LogP) is 0.590. The molecule has 0 aromatic heterocycles. The van der Waals surface area contributed by atoms with Crippen molar-refractivity contribution in [3.05, 3.63) is 0 Å². The van der Waals surface area contributed by atoms with Gasteiger partial charge in [0.2, 0.25) is 0 Å². The van der Waals surface area contributed by atoms with Gasteiger partial charge in [0, 0.05) is 18.1 Å². The Balaban J connectivity index is 0.00000169. The Labute approximate surface area is 96.3 Å². The smallest absolute Gasteiger partial charge is 0.0757 e. The number of aliphatic hydroxyl groups excluding tert-OH is 2. The fourth-order valence-corrected chi connectivity index (χ4v) is 2.27. The molecule has 2 N–H and O–H groups in total. The molecule has 0 amide bonds. The van der Waals surface area contributed by atoms with Gasteiger partial charge >= 0.3 is 0 Å². The number of nitrogens with zero attached hydrogens (tertiary/aromatic N) is 1. The first-order valence-electron chi connectivity index (χ1n) is 4.92. The molecule has 1 unspecified atom stereocenters. The molecule has 5 heteroatoms. The molecule has 1 fully saturated rings. The highest BCUT2D eigenvalue weighted by molar-refractivity contribution is 7.99. The molecule has 1 heterocycles. The van der Waals surface area contributed by atoms with Crippen LogP contribution in [0.2, 0.25) is 0 Å². The maximum Gasteiger partial charge on any atom is 0.0757 e. The van der Waals surface area contributed by atoms with Gasteiger partial charge in [0.05, 0.1) is 12.7 Å². The summed E-state index contributed by atoms with van der Waals surface area (Å²) in [6.07, 6.45) is 2.32. The number of β-amino-alcohol motifs (C(OH)–C–C–N with tert-alkyl or cyclic N) is 1. The molecule has 1 aliphatic heterocycles. The lowest BCUT2D eigenvalue weighted by Crippen LogP contribution is -2.31. The zero-order valence-corrected chi connectivity index (χ0v) is 10.0. The summed E-state index contributed by atoms with van der Waals surface area (Å²) in [5.41, 5.74) is 0. The maximum absolute atomic E-state index is 9.59. The largest absolute Gasteiger partial charge is 0.396 e. The molecular weight excluding hydrogens is 222 g/mol. The summed E-state index contributed by atoms with van der Waals surface area (Å²) in [5.74, 6) is 1.48. The molecule has 1 aliphatic rings. The summed E-state index contributed by atoms with van der Waals surface area (Å²) in [4.78, 5) is 2.31. The minimum Gasteiger partial charge on any atom is -0.396 e. The van der Waals surface area contributed by atoms with Gasteiger partial charge in [0.1, 0.15) is 0 Å². The molecule has 86 valence electrons. The summed E-state index contributed by atoms with van der Waals surface area (Å²) in [6, 6.07) is 0. The van der Waals surface area contributed by atoms with Crippen LogP contribution in [0.1, 0.15) is 12.8 Å². The van der Waals surface area contributed by atoms with Gasteiger partial charge in [-0.2, -0.15) is 11.8 Å². The first kappa shape index (κ1) is 14.5. The van der Waals surface area contributed by atoms with E-state index in [-0.39, 0.29) is 25.1 Å². The van der Waals surface area contributed by atoms with Gasteiger partial charge in [0.25, 0.3) is 0 Å². The predicted molar refractivity (Wildman–Crippen MR) is 63.3 cm³/mol. The molecule has 0 aliphatic carbocycles. The second-order valence-corrected chi connectivity index (χ2v) is 4.61. The average Bonchev–Trinajstić information content (AvgIpc) is 2.57. The fourth-order valence-electron chi connectivity index (χ4n) is 1.60. The summed E-state index contributed by atoms with van der Waals surface area (Å²) in [5, 5.41) is 18.1. The lowest BCUT2D eigenvalue weighted by molar-refractivity contribution is 0.144. The van der Waals surface area contributed by atoms with Gasteiger partial charge in [-0.1, -0.05) is 0 Å². The molecule has 1 rings (SSSR count). The average molecular weight is 242 g/mol. The van der Waals surface area contributed by atoms with Gasteiger partial charge in [-0.15, -0.1) is 12.4 Å². The lowest BCUT2D eigenvalue weighted by Gasteiger charge is -2.18. The van der Waals surface area contributed by atoms with Crippen LogP contribution in [0.5, 0.6) is 0 Å². The van der Waals surface area contributed by atoms with Crippen LogP contribution in [0.15, 0.2) is 0 Å². The molecular formula is C9H20ClNO2S. The van der Waals surface area contributed by atoms with Crippen LogP contribution in [-0.4, -0.2) is 59.0 Å². The number of halogens is 1. The van der Waals surface area contributed by atoms with Gasteiger partial charge in [0.15, 0.2) is 0 Å². The fraction of sp³-hybridized carbons (Fsp3) is 1.00. The van der Waals surface area contributed by atoms with Crippen LogP contribution in [0, 0.1) is 0 Å². The highest BCUT2D eigenvalue weighted by atomic mass is 35.5. The van der Waals surface area contributed by atoms with Gasteiger partial charge in [-0.3, -0.25) is 0 Å². The van der Waals surface area contributed by atoms with E-state index in [2.05, 4.69) is 4.90 Å². The molecule has 0 spiro atoms. The quantitative estimate of drug-likeness (QED) is 0.669. The third kappa shape index (κ3) is 6.09. The summed E-state index contributed by atoms with van der Waals surface area (Å²) in [7, 11) is 0. The normalized spacial score (nSPS) is 19.3. The van der Waals surface area contributed by atoms with E-state index in [4.69, 9.17) is 5.11 Å². The van der Waals surface area contributed by atoms with Gasteiger partial charge in [-0.05, 0) is 25.9 Å². The Morgan fingerprint density at radius 2 is 1.93 bits per heavy atom. The van der Waals surface area contributed by atoms with E-state index in [1.807, 2.05) is 0 Å². The van der Waals surface area contributed by atoms with Gasteiger partial charge < -0.3 is 15.1 Å². The monoisotopic (exact) mass is 241 g/mol. The van der Waals surface area contributed by atoms with E-state index < -0.39 is 0 Å². The first-order valence-corrected chi connectivity index (χ1v) is 6.07. The van der Waals surface area contributed by atoms with Crippen LogP contribution >= 0.6 is 24.2 Å². The van der Waals surface area contributed by atoms with E-state index in [1.165, 1.54) is 12.8 Å². The highest BCUT2D eigenvalue weighted by Crippen LogP contribution is 2.09. The molecule has 14 heavy (non-hydrogen) atoms. The van der Waals surface area contributed by atoms with Gasteiger partial charge in [-0.25, -0.2) is 0 Å². The molecule has 0 saturated carbocycles. The molecule has 0 aromatic carbocycles. The van der Waals surface area contributed by atoms with Crippen LogP contribution in [0.4, 0.5) is 0 Å². The number of hydrogen-bond acceptors (Lipinski definition) is 4. The van der Waals surface area contributed by atoms with E-state index in [1.54, 1.807) is 11.8 Å². The first-order chi connectivity index (χ1) is 6.33. The summed E-state index contributed by atoms with van der Waals surface area (Å²) >= 11 is 1.62. The summed E-state index contributed by atoms with van der Waals surface area (Å²) in [6.45, 7) is 3.29. The Morgan fingerprint density at radius 3 is 2.50 bits per heavy atom. The third-order valence-corrected chi connectivity index (χ3v) is 3.31. The van der Waals surface area contributed by atoms with Crippen molar-refractivity contribution < 1.29 is 10.2 Å². The number of likely N-dealkylation sites (tertiary alicyclic amines) is 1. The second-order valence-electron chi connectivity index (χ2n) is 3.46. The highest BCUT2D eigenvalue weighted by Gasteiger charge is 2.15. The van der Waals surface area contributed by atoms with Crippen molar-refractivity contribution in [2.45, 2.75) is 18.9 Å². The van der Waals surface area contributed by atoms with Crippen molar-refractivity contribution >= 4 is 24.2 Å². The van der Waals surface area contributed by atoms with Crippen LogP contribution in [-0.2, 0) is 0 Å². The number of thioether (sulfide) groups is 1.